The maximum atomic E-state index is 5.66. The van der Waals surface area contributed by atoms with Crippen LogP contribution in [-0.4, -0.2) is 6.04 Å². The molecule has 1 atom stereocenters. The van der Waals surface area contributed by atoms with Gasteiger partial charge < -0.3 is 15.2 Å². The molecule has 80 valence electrons. The first-order valence-corrected chi connectivity index (χ1v) is 5.12. The Hall–Kier alpha value is -1.48. The first kappa shape index (κ1) is 10.1. The molecule has 0 saturated carbocycles. The van der Waals surface area contributed by atoms with Gasteiger partial charge in [-0.15, -0.1) is 0 Å². The van der Waals surface area contributed by atoms with Crippen molar-refractivity contribution < 1.29 is 9.47 Å². The highest BCUT2D eigenvalue weighted by molar-refractivity contribution is 5.33. The van der Waals surface area contributed by atoms with Crippen molar-refractivity contribution in [3.8, 4) is 0 Å². The van der Waals surface area contributed by atoms with E-state index < -0.39 is 0 Å². The van der Waals surface area contributed by atoms with Crippen molar-refractivity contribution in [1.29, 1.82) is 0 Å². The zero-order valence-corrected chi connectivity index (χ0v) is 8.77. The quantitative estimate of drug-likeness (QED) is 0.752. The summed E-state index contributed by atoms with van der Waals surface area (Å²) in [6.07, 6.45) is 11.5. The normalized spacial score (nSPS) is 21.9. The third kappa shape index (κ3) is 2.30. The van der Waals surface area contributed by atoms with E-state index in [0.29, 0.717) is 5.76 Å². The summed E-state index contributed by atoms with van der Waals surface area (Å²) in [6.45, 7) is 1.86. The topological polar surface area (TPSA) is 44.5 Å². The summed E-state index contributed by atoms with van der Waals surface area (Å²) < 4.78 is 10.9. The summed E-state index contributed by atoms with van der Waals surface area (Å²) in [5, 5.41) is 0. The van der Waals surface area contributed by atoms with Crippen LogP contribution in [0.2, 0.25) is 0 Å². The Balaban J connectivity index is 2.04. The molecule has 1 heterocycles. The van der Waals surface area contributed by atoms with Gasteiger partial charge in [-0.05, 0) is 25.3 Å². The second-order valence-corrected chi connectivity index (χ2v) is 3.69. The van der Waals surface area contributed by atoms with Gasteiger partial charge in [-0.1, -0.05) is 18.2 Å². The molecule has 3 heteroatoms. The number of nitrogens with two attached hydrogens (primary N) is 1. The third-order valence-electron chi connectivity index (χ3n) is 2.38. The highest BCUT2D eigenvalue weighted by atomic mass is 16.5. The Labute approximate surface area is 89.6 Å². The van der Waals surface area contributed by atoms with Gasteiger partial charge in [-0.25, -0.2) is 0 Å². The Morgan fingerprint density at radius 3 is 2.73 bits per heavy atom. The molecule has 0 aromatic heterocycles. The van der Waals surface area contributed by atoms with Crippen LogP contribution < -0.4 is 5.73 Å². The van der Waals surface area contributed by atoms with Crippen LogP contribution in [0.25, 0.3) is 0 Å². The summed E-state index contributed by atoms with van der Waals surface area (Å²) in [5.74, 6) is 1.44. The molecule has 1 aliphatic carbocycles. The second kappa shape index (κ2) is 4.36. The lowest BCUT2D eigenvalue weighted by Gasteiger charge is -2.19. The molecule has 2 rings (SSSR count). The lowest BCUT2D eigenvalue weighted by atomic mass is 10.0. The average Bonchev–Trinajstić information content (AvgIpc) is 2.30. The summed E-state index contributed by atoms with van der Waals surface area (Å²) in [6, 6.07) is -0.136. The van der Waals surface area contributed by atoms with E-state index in [1.54, 1.807) is 12.5 Å². The van der Waals surface area contributed by atoms with Gasteiger partial charge in [0.05, 0.1) is 6.04 Å². The van der Waals surface area contributed by atoms with Crippen LogP contribution in [0.3, 0.4) is 0 Å². The van der Waals surface area contributed by atoms with Crippen molar-refractivity contribution in [3.05, 3.63) is 47.8 Å². The van der Waals surface area contributed by atoms with Gasteiger partial charge in [0.25, 0.3) is 0 Å². The van der Waals surface area contributed by atoms with Gasteiger partial charge in [0, 0.05) is 0 Å². The van der Waals surface area contributed by atoms with Crippen LogP contribution in [0.4, 0.5) is 0 Å². The predicted octanol–water partition coefficient (Wildman–Crippen LogP) is 2.34. The molecule has 15 heavy (non-hydrogen) atoms. The van der Waals surface area contributed by atoms with E-state index in [1.165, 1.54) is 0 Å². The van der Waals surface area contributed by atoms with Crippen LogP contribution in [0, 0.1) is 0 Å². The van der Waals surface area contributed by atoms with Crippen LogP contribution in [0.15, 0.2) is 47.8 Å². The highest BCUT2D eigenvalue weighted by Gasteiger charge is 2.15. The van der Waals surface area contributed by atoms with E-state index in [4.69, 9.17) is 15.2 Å². The Morgan fingerprint density at radius 1 is 1.33 bits per heavy atom. The molecule has 2 N–H and O–H groups in total. The number of hydrogen-bond donors (Lipinski definition) is 1. The molecule has 0 aromatic rings. The smallest absolute Gasteiger partial charge is 0.164 e. The zero-order chi connectivity index (χ0) is 10.7. The zero-order valence-electron chi connectivity index (χ0n) is 8.77. The number of allylic oxidation sites excluding steroid dienone is 4. The lowest BCUT2D eigenvalue weighted by molar-refractivity contribution is 0.219. The van der Waals surface area contributed by atoms with E-state index in [-0.39, 0.29) is 6.04 Å². The van der Waals surface area contributed by atoms with E-state index in [0.717, 1.165) is 24.2 Å². The first-order valence-electron chi connectivity index (χ1n) is 5.12. The molecule has 0 amide bonds. The molecule has 0 fully saturated rings. The molecule has 3 nitrogen and oxygen atoms in total. The van der Waals surface area contributed by atoms with Crippen molar-refractivity contribution in [3.63, 3.8) is 0 Å². The molecule has 0 radical (unpaired) electrons. The van der Waals surface area contributed by atoms with Crippen molar-refractivity contribution in [1.82, 2.24) is 0 Å². The lowest BCUT2D eigenvalue weighted by Crippen LogP contribution is -2.20. The maximum Gasteiger partial charge on any atom is 0.164 e. The average molecular weight is 205 g/mol. The van der Waals surface area contributed by atoms with Crippen LogP contribution in [-0.2, 0) is 9.47 Å². The monoisotopic (exact) mass is 205 g/mol. The van der Waals surface area contributed by atoms with Crippen molar-refractivity contribution in [2.24, 2.45) is 5.73 Å². The largest absolute Gasteiger partial charge is 0.461 e. The molecule has 0 aromatic carbocycles. The van der Waals surface area contributed by atoms with Gasteiger partial charge in [0.2, 0.25) is 0 Å². The van der Waals surface area contributed by atoms with Crippen LogP contribution in [0.1, 0.15) is 19.8 Å². The first-order chi connectivity index (χ1) is 7.27. The minimum Gasteiger partial charge on any atom is -0.461 e. The van der Waals surface area contributed by atoms with Crippen LogP contribution >= 0.6 is 0 Å². The minimum atomic E-state index is -0.136. The van der Waals surface area contributed by atoms with Crippen LogP contribution in [0.5, 0.6) is 0 Å². The predicted molar refractivity (Wildman–Crippen MR) is 58.4 cm³/mol. The summed E-state index contributed by atoms with van der Waals surface area (Å²) in [7, 11) is 0. The second-order valence-electron chi connectivity index (χ2n) is 3.69. The summed E-state index contributed by atoms with van der Waals surface area (Å²) in [4.78, 5) is 0. The number of ether oxygens (including phenoxy) is 2. The van der Waals surface area contributed by atoms with E-state index >= 15 is 0 Å². The van der Waals surface area contributed by atoms with E-state index in [9.17, 15) is 0 Å². The fourth-order valence-corrected chi connectivity index (χ4v) is 1.47. The number of rotatable bonds is 2. The van der Waals surface area contributed by atoms with Crippen molar-refractivity contribution in [2.45, 2.75) is 25.8 Å². The van der Waals surface area contributed by atoms with Gasteiger partial charge in [0.15, 0.2) is 11.5 Å². The molecular weight excluding hydrogens is 190 g/mol. The van der Waals surface area contributed by atoms with Gasteiger partial charge in [0.1, 0.15) is 12.5 Å². The standard InChI is InChI=1S/C12H15NO2/c1-9(13)11-7-15-12(8-14-11)10-5-3-2-4-6-10/h2-3,5,7-9H,4,6,13H2,1H3. The molecule has 2 aliphatic rings. The third-order valence-corrected chi connectivity index (χ3v) is 2.38. The fourth-order valence-electron chi connectivity index (χ4n) is 1.47. The maximum absolute atomic E-state index is 5.66. The van der Waals surface area contributed by atoms with Crippen molar-refractivity contribution in [2.75, 3.05) is 0 Å². The van der Waals surface area contributed by atoms with E-state index in [2.05, 4.69) is 6.08 Å². The fraction of sp³-hybridized carbons (Fsp3) is 0.333. The van der Waals surface area contributed by atoms with Gasteiger partial charge in [-0.3, -0.25) is 0 Å². The summed E-state index contributed by atoms with van der Waals surface area (Å²) in [5.41, 5.74) is 6.83. The minimum absolute atomic E-state index is 0.136. The molecule has 0 bridgehead atoms. The van der Waals surface area contributed by atoms with Gasteiger partial charge in [-0.2, -0.15) is 0 Å². The highest BCUT2D eigenvalue weighted by Crippen LogP contribution is 2.25. The number of hydrogen-bond acceptors (Lipinski definition) is 3. The Morgan fingerprint density at radius 2 is 2.20 bits per heavy atom. The molecule has 1 aliphatic heterocycles. The molecular formula is C12H15NO2. The Kier molecular flexibility index (Phi) is 2.92. The van der Waals surface area contributed by atoms with Crippen molar-refractivity contribution >= 4 is 0 Å². The SMILES string of the molecule is CC(N)C1=COC(C2=CC=CCC2)=CO1. The van der Waals surface area contributed by atoms with Gasteiger partial charge >= 0.3 is 0 Å². The summed E-state index contributed by atoms with van der Waals surface area (Å²) >= 11 is 0. The molecule has 0 saturated heterocycles. The molecule has 1 unspecified atom stereocenters. The Bertz CT molecular complexity index is 362. The van der Waals surface area contributed by atoms with E-state index in [1.807, 2.05) is 19.1 Å². The molecule has 0 spiro atoms.